The van der Waals surface area contributed by atoms with Crippen LogP contribution in [0.1, 0.15) is 13.3 Å². The maximum absolute atomic E-state index is 12.5. The Morgan fingerprint density at radius 3 is 2.50 bits per heavy atom. The van der Waals surface area contributed by atoms with E-state index in [0.717, 1.165) is 0 Å². The van der Waals surface area contributed by atoms with Gasteiger partial charge in [0.25, 0.3) is 5.91 Å². The van der Waals surface area contributed by atoms with Gasteiger partial charge in [0, 0.05) is 12.1 Å². The maximum atomic E-state index is 12.5. The summed E-state index contributed by atoms with van der Waals surface area (Å²) >= 11 is 0. The zero-order chi connectivity index (χ0) is 14.3. The fourth-order valence-electron chi connectivity index (χ4n) is 2.64. The Balaban J connectivity index is 1.90. The Labute approximate surface area is 115 Å². The third-order valence-electron chi connectivity index (χ3n) is 3.59. The van der Waals surface area contributed by atoms with Crippen LogP contribution in [-0.2, 0) is 14.4 Å². The van der Waals surface area contributed by atoms with Crippen LogP contribution in [0.3, 0.4) is 0 Å². The highest BCUT2D eigenvalue weighted by Crippen LogP contribution is 2.31. The minimum absolute atomic E-state index is 0.0464. The van der Waals surface area contributed by atoms with Crippen LogP contribution in [0.2, 0.25) is 0 Å². The number of nitrogens with one attached hydrogen (secondary N) is 1. The number of rotatable bonds is 2. The van der Waals surface area contributed by atoms with Gasteiger partial charge in [0.05, 0.1) is 17.5 Å². The molecule has 2 unspecified atom stereocenters. The molecule has 0 aromatic heterocycles. The normalized spacial score (nSPS) is 25.9. The molecule has 1 N–H and O–H groups in total. The molecule has 3 rings (SSSR count). The number of anilines is 1. The highest BCUT2D eigenvalue weighted by Gasteiger charge is 2.46. The van der Waals surface area contributed by atoms with Crippen molar-refractivity contribution in [2.75, 3.05) is 5.01 Å². The van der Waals surface area contributed by atoms with Gasteiger partial charge in [-0.2, -0.15) is 5.10 Å². The molecular formula is C14H13N3O3. The first-order valence-electron chi connectivity index (χ1n) is 6.36. The van der Waals surface area contributed by atoms with Crippen molar-refractivity contribution in [3.05, 3.63) is 30.3 Å². The predicted molar refractivity (Wildman–Crippen MR) is 71.8 cm³/mol. The van der Waals surface area contributed by atoms with Gasteiger partial charge in [0.15, 0.2) is 0 Å². The van der Waals surface area contributed by atoms with Gasteiger partial charge in [-0.05, 0) is 19.1 Å². The summed E-state index contributed by atoms with van der Waals surface area (Å²) in [7, 11) is 0. The first-order valence-corrected chi connectivity index (χ1v) is 6.36. The lowest BCUT2D eigenvalue weighted by Gasteiger charge is -2.16. The van der Waals surface area contributed by atoms with Gasteiger partial charge in [-0.3, -0.25) is 19.7 Å². The predicted octanol–water partition coefficient (Wildman–Crippen LogP) is 0.688. The van der Waals surface area contributed by atoms with Gasteiger partial charge in [-0.15, -0.1) is 0 Å². The Morgan fingerprint density at radius 1 is 1.20 bits per heavy atom. The van der Waals surface area contributed by atoms with Crippen molar-refractivity contribution < 1.29 is 14.4 Å². The number of hydrogen-bond donors (Lipinski definition) is 1. The summed E-state index contributed by atoms with van der Waals surface area (Å²) in [6, 6.07) is 9.02. The molecule has 6 heteroatoms. The van der Waals surface area contributed by atoms with E-state index in [0.29, 0.717) is 11.4 Å². The van der Waals surface area contributed by atoms with Crippen LogP contribution in [-0.4, -0.2) is 23.4 Å². The van der Waals surface area contributed by atoms with E-state index in [1.807, 2.05) is 18.2 Å². The second-order valence-electron chi connectivity index (χ2n) is 4.93. The van der Waals surface area contributed by atoms with E-state index in [2.05, 4.69) is 10.4 Å². The second kappa shape index (κ2) is 4.56. The summed E-state index contributed by atoms with van der Waals surface area (Å²) in [4.78, 5) is 35.5. The van der Waals surface area contributed by atoms with Crippen LogP contribution in [0.4, 0.5) is 5.69 Å². The highest BCUT2D eigenvalue weighted by molar-refractivity contribution is 6.19. The van der Waals surface area contributed by atoms with E-state index < -0.39 is 17.7 Å². The molecule has 2 heterocycles. The van der Waals surface area contributed by atoms with Crippen molar-refractivity contribution in [2.45, 2.75) is 13.3 Å². The van der Waals surface area contributed by atoms with Crippen molar-refractivity contribution in [1.82, 2.24) is 5.32 Å². The summed E-state index contributed by atoms with van der Waals surface area (Å²) in [5, 5.41) is 7.77. The van der Waals surface area contributed by atoms with Crippen molar-refractivity contribution in [3.63, 3.8) is 0 Å². The van der Waals surface area contributed by atoms with Crippen molar-refractivity contribution in [2.24, 2.45) is 16.9 Å². The quantitative estimate of drug-likeness (QED) is 0.804. The van der Waals surface area contributed by atoms with Crippen molar-refractivity contribution >= 4 is 29.1 Å². The molecule has 0 saturated carbocycles. The molecule has 3 amide bonds. The minimum Gasteiger partial charge on any atom is -0.296 e. The number of carbonyl (C=O) groups excluding carboxylic acids is 3. The number of carbonyl (C=O) groups is 3. The van der Waals surface area contributed by atoms with E-state index in [9.17, 15) is 14.4 Å². The first kappa shape index (κ1) is 12.5. The fraction of sp³-hybridized carbons (Fsp3) is 0.286. The van der Waals surface area contributed by atoms with E-state index in [4.69, 9.17) is 0 Å². The molecule has 6 nitrogen and oxygen atoms in total. The summed E-state index contributed by atoms with van der Waals surface area (Å²) in [5.74, 6) is -2.28. The van der Waals surface area contributed by atoms with Gasteiger partial charge in [-0.25, -0.2) is 5.01 Å². The first-order chi connectivity index (χ1) is 9.58. The lowest BCUT2D eigenvalue weighted by atomic mass is 9.87. The Morgan fingerprint density at radius 2 is 1.90 bits per heavy atom. The SMILES string of the molecule is CC1=NN(c2ccccc2)C(=O)C1C1CC(=O)NC1=O. The van der Waals surface area contributed by atoms with Gasteiger partial charge in [0.1, 0.15) is 0 Å². The molecule has 0 radical (unpaired) electrons. The molecule has 2 aliphatic heterocycles. The van der Waals surface area contributed by atoms with Crippen LogP contribution in [0.5, 0.6) is 0 Å². The Hall–Kier alpha value is -2.50. The summed E-state index contributed by atoms with van der Waals surface area (Å²) in [6.07, 6.45) is 0.0464. The highest BCUT2D eigenvalue weighted by atomic mass is 16.2. The summed E-state index contributed by atoms with van der Waals surface area (Å²) in [5.41, 5.74) is 1.22. The molecule has 2 atom stereocenters. The zero-order valence-corrected chi connectivity index (χ0v) is 10.9. The number of amides is 3. The van der Waals surface area contributed by atoms with E-state index in [-0.39, 0.29) is 18.2 Å². The molecule has 1 aromatic rings. The number of hydrogen-bond acceptors (Lipinski definition) is 4. The monoisotopic (exact) mass is 271 g/mol. The smallest absolute Gasteiger partial charge is 0.257 e. The third-order valence-corrected chi connectivity index (χ3v) is 3.59. The number of benzene rings is 1. The molecule has 20 heavy (non-hydrogen) atoms. The van der Waals surface area contributed by atoms with Gasteiger partial charge >= 0.3 is 0 Å². The van der Waals surface area contributed by atoms with Crippen LogP contribution in [0, 0.1) is 11.8 Å². The van der Waals surface area contributed by atoms with Gasteiger partial charge in [-0.1, -0.05) is 18.2 Å². The Kier molecular flexibility index (Phi) is 2.85. The van der Waals surface area contributed by atoms with E-state index >= 15 is 0 Å². The van der Waals surface area contributed by atoms with Crippen molar-refractivity contribution in [3.8, 4) is 0 Å². The molecule has 0 spiro atoms. The average Bonchev–Trinajstić information content (AvgIpc) is 2.90. The average molecular weight is 271 g/mol. The number of hydrazone groups is 1. The van der Waals surface area contributed by atoms with Crippen LogP contribution >= 0.6 is 0 Å². The second-order valence-corrected chi connectivity index (χ2v) is 4.93. The number of para-hydroxylation sites is 1. The van der Waals surface area contributed by atoms with Gasteiger partial charge < -0.3 is 0 Å². The standard InChI is InChI=1S/C14H13N3O3/c1-8-12(10-7-11(18)15-13(10)19)14(20)17(16-8)9-5-3-2-4-6-9/h2-6,10,12H,7H2,1H3,(H,15,18,19). The summed E-state index contributed by atoms with van der Waals surface area (Å²) in [6.45, 7) is 1.71. The largest absolute Gasteiger partial charge is 0.296 e. The zero-order valence-electron chi connectivity index (χ0n) is 10.9. The molecule has 1 fully saturated rings. The lowest BCUT2D eigenvalue weighted by molar-refractivity contribution is -0.129. The van der Waals surface area contributed by atoms with E-state index in [1.54, 1.807) is 19.1 Å². The van der Waals surface area contributed by atoms with Crippen LogP contribution in [0.15, 0.2) is 35.4 Å². The molecule has 102 valence electrons. The molecule has 1 saturated heterocycles. The maximum Gasteiger partial charge on any atom is 0.257 e. The molecule has 2 aliphatic rings. The van der Waals surface area contributed by atoms with E-state index in [1.165, 1.54) is 5.01 Å². The molecule has 0 aliphatic carbocycles. The molecular weight excluding hydrogens is 258 g/mol. The topological polar surface area (TPSA) is 78.8 Å². The van der Waals surface area contributed by atoms with Crippen LogP contribution < -0.4 is 10.3 Å². The number of nitrogens with zero attached hydrogens (tertiary/aromatic N) is 2. The molecule has 0 bridgehead atoms. The lowest BCUT2D eigenvalue weighted by Crippen LogP contribution is -2.36. The van der Waals surface area contributed by atoms with Crippen molar-refractivity contribution in [1.29, 1.82) is 0 Å². The minimum atomic E-state index is -0.651. The third kappa shape index (κ3) is 1.89. The number of imide groups is 1. The Bertz CT molecular complexity index is 624. The molecule has 1 aromatic carbocycles. The van der Waals surface area contributed by atoms with Crippen LogP contribution in [0.25, 0.3) is 0 Å². The fourth-order valence-corrected chi connectivity index (χ4v) is 2.64. The summed E-state index contributed by atoms with van der Waals surface area (Å²) < 4.78 is 0. The van der Waals surface area contributed by atoms with Gasteiger partial charge in [0.2, 0.25) is 11.8 Å².